The smallest absolute Gasteiger partial charge is 0.305 e. The van der Waals surface area contributed by atoms with Crippen molar-refractivity contribution in [2.75, 3.05) is 7.11 Å². The van der Waals surface area contributed by atoms with Crippen LogP contribution in [0.1, 0.15) is 17.8 Å². The summed E-state index contributed by atoms with van der Waals surface area (Å²) in [6.07, 6.45) is 4.07. The van der Waals surface area contributed by atoms with Gasteiger partial charge in [0.05, 0.1) is 23.5 Å². The Kier molecular flexibility index (Phi) is 4.15. The molecule has 4 nitrogen and oxygen atoms in total. The van der Waals surface area contributed by atoms with Gasteiger partial charge in [0.2, 0.25) is 0 Å². The van der Waals surface area contributed by atoms with Crippen LogP contribution in [0.25, 0.3) is 11.4 Å². The van der Waals surface area contributed by atoms with Crippen LogP contribution in [0.3, 0.4) is 0 Å². The summed E-state index contributed by atoms with van der Waals surface area (Å²) in [4.78, 5) is 15.6. The number of rotatable bonds is 5. The molecule has 0 saturated heterocycles. The summed E-state index contributed by atoms with van der Waals surface area (Å²) >= 11 is 1.64. The predicted octanol–water partition coefficient (Wildman–Crippen LogP) is 2.64. The van der Waals surface area contributed by atoms with E-state index in [-0.39, 0.29) is 5.97 Å². The van der Waals surface area contributed by atoms with E-state index in [2.05, 4.69) is 15.1 Å². The van der Waals surface area contributed by atoms with E-state index in [1.54, 1.807) is 11.3 Å². The fourth-order valence-corrected chi connectivity index (χ4v) is 2.59. The van der Waals surface area contributed by atoms with Gasteiger partial charge in [-0.25, -0.2) is 4.98 Å². The summed E-state index contributed by atoms with van der Waals surface area (Å²) < 4.78 is 6.66. The number of nitrogens with zero attached hydrogens (tertiary/aromatic N) is 2. The molecule has 0 aliphatic rings. The van der Waals surface area contributed by atoms with Crippen LogP contribution in [0.15, 0.2) is 23.7 Å². The van der Waals surface area contributed by atoms with Crippen molar-refractivity contribution in [3.63, 3.8) is 0 Å². The van der Waals surface area contributed by atoms with Gasteiger partial charge in [0.15, 0.2) is 0 Å². The summed E-state index contributed by atoms with van der Waals surface area (Å²) in [7, 11) is 3.42. The third kappa shape index (κ3) is 2.98. The average molecular weight is 264 g/mol. The fraction of sp³-hybridized carbons (Fsp3) is 0.385. The Balaban J connectivity index is 1.95. The van der Waals surface area contributed by atoms with Crippen LogP contribution in [0.2, 0.25) is 0 Å². The molecule has 0 N–H and O–H groups in total. The maximum absolute atomic E-state index is 11.0. The molecule has 2 aromatic heterocycles. The number of thiazole rings is 1. The van der Waals surface area contributed by atoms with Crippen LogP contribution in [-0.2, 0) is 23.0 Å². The van der Waals surface area contributed by atoms with Gasteiger partial charge < -0.3 is 9.30 Å². The van der Waals surface area contributed by atoms with Crippen LogP contribution in [0.4, 0.5) is 0 Å². The molecular formula is C13H16N2O2S. The zero-order valence-corrected chi connectivity index (χ0v) is 11.4. The molecule has 0 aromatic carbocycles. The van der Waals surface area contributed by atoms with Crippen LogP contribution in [0.5, 0.6) is 0 Å². The number of esters is 1. The Morgan fingerprint density at radius 2 is 2.39 bits per heavy atom. The Bertz CT molecular complexity index is 531. The number of carbonyl (C=O) groups is 1. The van der Waals surface area contributed by atoms with Crippen LogP contribution >= 0.6 is 11.3 Å². The Morgan fingerprint density at radius 1 is 1.56 bits per heavy atom. The standard InChI is InChI=1S/C13H16N2O2S/c1-15-8-4-5-11(15)10-9-18-12(14-10)6-3-7-13(16)17-2/h4-5,8-9H,3,6-7H2,1-2H3. The number of hydrogen-bond acceptors (Lipinski definition) is 4. The zero-order chi connectivity index (χ0) is 13.0. The van der Waals surface area contributed by atoms with E-state index in [9.17, 15) is 4.79 Å². The molecule has 2 rings (SSSR count). The van der Waals surface area contributed by atoms with E-state index in [0.29, 0.717) is 6.42 Å². The highest BCUT2D eigenvalue weighted by molar-refractivity contribution is 7.09. The lowest BCUT2D eigenvalue weighted by Crippen LogP contribution is -2.00. The Hall–Kier alpha value is -1.62. The first-order valence-electron chi connectivity index (χ1n) is 5.83. The molecule has 2 heterocycles. The van der Waals surface area contributed by atoms with Gasteiger partial charge in [-0.3, -0.25) is 4.79 Å². The molecule has 0 amide bonds. The van der Waals surface area contributed by atoms with E-state index in [1.165, 1.54) is 7.11 Å². The fourth-order valence-electron chi connectivity index (χ4n) is 1.76. The van der Waals surface area contributed by atoms with Gasteiger partial charge >= 0.3 is 5.97 Å². The van der Waals surface area contributed by atoms with Crippen molar-refractivity contribution in [3.8, 4) is 11.4 Å². The zero-order valence-electron chi connectivity index (χ0n) is 10.5. The lowest BCUT2D eigenvalue weighted by atomic mass is 10.2. The molecule has 0 aliphatic carbocycles. The second-order valence-corrected chi connectivity index (χ2v) is 5.00. The minimum absolute atomic E-state index is 0.158. The van der Waals surface area contributed by atoms with Gasteiger partial charge in [-0.15, -0.1) is 11.3 Å². The predicted molar refractivity (Wildman–Crippen MR) is 71.5 cm³/mol. The molecular weight excluding hydrogens is 248 g/mol. The molecule has 0 saturated carbocycles. The van der Waals surface area contributed by atoms with Crippen LogP contribution < -0.4 is 0 Å². The minimum Gasteiger partial charge on any atom is -0.469 e. The van der Waals surface area contributed by atoms with Gasteiger partial charge in [0.25, 0.3) is 0 Å². The summed E-state index contributed by atoms with van der Waals surface area (Å²) in [5.41, 5.74) is 2.12. The quantitative estimate of drug-likeness (QED) is 0.780. The first-order valence-corrected chi connectivity index (χ1v) is 6.71. The van der Waals surface area contributed by atoms with Gasteiger partial charge in [-0.2, -0.15) is 0 Å². The van der Waals surface area contributed by atoms with E-state index >= 15 is 0 Å². The molecule has 0 radical (unpaired) electrons. The number of carbonyl (C=O) groups excluding carboxylic acids is 1. The second-order valence-electron chi connectivity index (χ2n) is 4.06. The topological polar surface area (TPSA) is 44.1 Å². The molecule has 0 bridgehead atoms. The van der Waals surface area contributed by atoms with Crippen molar-refractivity contribution in [2.45, 2.75) is 19.3 Å². The van der Waals surface area contributed by atoms with E-state index < -0.39 is 0 Å². The van der Waals surface area contributed by atoms with Crippen LogP contribution in [-0.4, -0.2) is 22.6 Å². The molecule has 0 atom stereocenters. The van der Waals surface area contributed by atoms with Crippen molar-refractivity contribution in [1.82, 2.24) is 9.55 Å². The first-order chi connectivity index (χ1) is 8.70. The number of ether oxygens (including phenoxy) is 1. The van der Waals surface area contributed by atoms with E-state index in [0.717, 1.165) is 29.2 Å². The summed E-state index contributed by atoms with van der Waals surface area (Å²) in [5, 5.41) is 3.12. The van der Waals surface area contributed by atoms with Crippen molar-refractivity contribution in [2.24, 2.45) is 7.05 Å². The Labute approximate surface area is 110 Å². The highest BCUT2D eigenvalue weighted by Crippen LogP contribution is 2.22. The van der Waals surface area contributed by atoms with E-state index in [4.69, 9.17) is 0 Å². The SMILES string of the molecule is COC(=O)CCCc1nc(-c2cccn2C)cs1. The van der Waals surface area contributed by atoms with Gasteiger partial charge in [-0.1, -0.05) is 0 Å². The summed E-state index contributed by atoms with van der Waals surface area (Å²) in [5.74, 6) is -0.158. The van der Waals surface area contributed by atoms with Crippen molar-refractivity contribution in [3.05, 3.63) is 28.7 Å². The lowest BCUT2D eigenvalue weighted by molar-refractivity contribution is -0.140. The van der Waals surface area contributed by atoms with Crippen molar-refractivity contribution < 1.29 is 9.53 Å². The maximum Gasteiger partial charge on any atom is 0.305 e. The highest BCUT2D eigenvalue weighted by atomic mass is 32.1. The molecule has 5 heteroatoms. The monoisotopic (exact) mass is 264 g/mol. The highest BCUT2D eigenvalue weighted by Gasteiger charge is 2.08. The molecule has 2 aromatic rings. The molecule has 18 heavy (non-hydrogen) atoms. The third-order valence-electron chi connectivity index (χ3n) is 2.76. The normalized spacial score (nSPS) is 10.6. The molecule has 0 spiro atoms. The minimum atomic E-state index is -0.158. The van der Waals surface area contributed by atoms with Gasteiger partial charge in [0, 0.05) is 25.0 Å². The molecule has 0 unspecified atom stereocenters. The van der Waals surface area contributed by atoms with Crippen LogP contribution in [0, 0.1) is 0 Å². The molecule has 96 valence electrons. The van der Waals surface area contributed by atoms with E-state index in [1.807, 2.05) is 29.9 Å². The van der Waals surface area contributed by atoms with Gasteiger partial charge in [0.1, 0.15) is 0 Å². The molecule has 0 aliphatic heterocycles. The largest absolute Gasteiger partial charge is 0.469 e. The maximum atomic E-state index is 11.0. The van der Waals surface area contributed by atoms with Crippen molar-refractivity contribution in [1.29, 1.82) is 0 Å². The van der Waals surface area contributed by atoms with Crippen molar-refractivity contribution >= 4 is 17.3 Å². The number of aromatic nitrogens is 2. The third-order valence-corrected chi connectivity index (χ3v) is 3.67. The Morgan fingerprint density at radius 3 is 3.06 bits per heavy atom. The summed E-state index contributed by atoms with van der Waals surface area (Å²) in [6, 6.07) is 4.05. The lowest BCUT2D eigenvalue weighted by Gasteiger charge is -1.98. The average Bonchev–Trinajstić information content (AvgIpc) is 2.97. The second kappa shape index (κ2) is 5.82. The number of aryl methyl sites for hydroxylation is 2. The summed E-state index contributed by atoms with van der Waals surface area (Å²) in [6.45, 7) is 0. The van der Waals surface area contributed by atoms with Gasteiger partial charge in [-0.05, 0) is 25.0 Å². The number of hydrogen-bond donors (Lipinski definition) is 0. The first kappa shape index (κ1) is 12.8. The number of methoxy groups -OCH3 is 1. The molecule has 0 fully saturated rings.